The number of ether oxygens (including phenoxy) is 2. The monoisotopic (exact) mass is 276 g/mol. The second-order valence-corrected chi connectivity index (χ2v) is 4.82. The molecule has 1 fully saturated rings. The van der Waals surface area contributed by atoms with Gasteiger partial charge in [-0.15, -0.1) is 0 Å². The quantitative estimate of drug-likeness (QED) is 0.932. The molecule has 1 saturated heterocycles. The van der Waals surface area contributed by atoms with Gasteiger partial charge in [0.15, 0.2) is 6.23 Å². The van der Waals surface area contributed by atoms with E-state index in [1.165, 1.54) is 13.2 Å². The number of carboxylic acids is 1. The van der Waals surface area contributed by atoms with Crippen LogP contribution in [0.5, 0.6) is 5.75 Å². The molecular weight excluding hydrogens is 260 g/mol. The Bertz CT molecular complexity index is 644. The molecule has 6 nitrogen and oxygen atoms in total. The number of carbonyl (C=O) groups is 1. The minimum Gasteiger partial charge on any atom is -0.497 e. The van der Waals surface area contributed by atoms with E-state index in [-0.39, 0.29) is 11.8 Å². The zero-order chi connectivity index (χ0) is 14.1. The summed E-state index contributed by atoms with van der Waals surface area (Å²) >= 11 is 0. The number of methoxy groups -OCH3 is 1. The van der Waals surface area contributed by atoms with Gasteiger partial charge >= 0.3 is 5.97 Å². The highest BCUT2D eigenvalue weighted by atomic mass is 16.5. The first-order valence-electron chi connectivity index (χ1n) is 6.61. The Hall–Kier alpha value is -2.08. The normalized spacial score (nSPS) is 19.1. The van der Waals surface area contributed by atoms with Gasteiger partial charge in [-0.3, -0.25) is 0 Å². The molecule has 6 heteroatoms. The Morgan fingerprint density at radius 3 is 3.00 bits per heavy atom. The van der Waals surface area contributed by atoms with Crippen LogP contribution in [0.1, 0.15) is 35.8 Å². The van der Waals surface area contributed by atoms with Crippen LogP contribution in [0.2, 0.25) is 0 Å². The van der Waals surface area contributed by atoms with E-state index in [1.54, 1.807) is 16.9 Å². The van der Waals surface area contributed by atoms with Crippen molar-refractivity contribution in [1.82, 2.24) is 9.78 Å². The van der Waals surface area contributed by atoms with E-state index in [2.05, 4.69) is 5.10 Å². The van der Waals surface area contributed by atoms with E-state index in [4.69, 9.17) is 9.47 Å². The molecule has 3 rings (SSSR count). The summed E-state index contributed by atoms with van der Waals surface area (Å²) in [5.74, 6) is -0.481. The fourth-order valence-electron chi connectivity index (χ4n) is 2.56. The van der Waals surface area contributed by atoms with Crippen LogP contribution >= 0.6 is 0 Å². The van der Waals surface area contributed by atoms with Crippen molar-refractivity contribution in [3.8, 4) is 5.75 Å². The largest absolute Gasteiger partial charge is 0.497 e. The Morgan fingerprint density at radius 1 is 1.50 bits per heavy atom. The van der Waals surface area contributed by atoms with Crippen molar-refractivity contribution < 1.29 is 19.4 Å². The standard InChI is InChI=1S/C14H16N2O4/c1-19-9-6-10(14(17)18)11-8-15-16(12(11)7-9)13-4-2-3-5-20-13/h6-8,13H,2-5H2,1H3,(H,17,18). The molecular formula is C14H16N2O4. The van der Waals surface area contributed by atoms with Gasteiger partial charge in [-0.05, 0) is 25.3 Å². The van der Waals surface area contributed by atoms with Crippen molar-refractivity contribution >= 4 is 16.9 Å². The number of benzene rings is 1. The van der Waals surface area contributed by atoms with E-state index in [1.807, 2.05) is 0 Å². The Balaban J connectivity index is 2.14. The average Bonchev–Trinajstić information content (AvgIpc) is 2.90. The third-order valence-corrected chi connectivity index (χ3v) is 3.58. The molecule has 1 N–H and O–H groups in total. The van der Waals surface area contributed by atoms with Crippen LogP contribution in [0, 0.1) is 0 Å². The van der Waals surface area contributed by atoms with Gasteiger partial charge in [0.1, 0.15) is 5.75 Å². The second kappa shape index (κ2) is 5.13. The molecule has 1 unspecified atom stereocenters. The van der Waals surface area contributed by atoms with E-state index >= 15 is 0 Å². The summed E-state index contributed by atoms with van der Waals surface area (Å²) in [6.45, 7) is 0.710. The molecule has 0 amide bonds. The van der Waals surface area contributed by atoms with Crippen LogP contribution in [0.3, 0.4) is 0 Å². The second-order valence-electron chi connectivity index (χ2n) is 4.82. The van der Waals surface area contributed by atoms with Crippen LogP contribution in [0.4, 0.5) is 0 Å². The number of nitrogens with zero attached hydrogens (tertiary/aromatic N) is 2. The highest BCUT2D eigenvalue weighted by molar-refractivity contribution is 6.03. The van der Waals surface area contributed by atoms with Gasteiger partial charge in [0, 0.05) is 18.1 Å². The van der Waals surface area contributed by atoms with Crippen LogP contribution < -0.4 is 4.74 Å². The fourth-order valence-corrected chi connectivity index (χ4v) is 2.56. The van der Waals surface area contributed by atoms with Crippen molar-refractivity contribution in [2.24, 2.45) is 0 Å². The summed E-state index contributed by atoms with van der Waals surface area (Å²) in [6.07, 6.45) is 4.48. The first-order chi connectivity index (χ1) is 9.70. The molecule has 0 aliphatic carbocycles. The van der Waals surface area contributed by atoms with Crippen LogP contribution in [0.15, 0.2) is 18.3 Å². The lowest BCUT2D eigenvalue weighted by Crippen LogP contribution is -2.19. The lowest BCUT2D eigenvalue weighted by molar-refractivity contribution is -0.0366. The van der Waals surface area contributed by atoms with Crippen molar-refractivity contribution in [2.75, 3.05) is 13.7 Å². The molecule has 1 atom stereocenters. The van der Waals surface area contributed by atoms with E-state index in [0.29, 0.717) is 17.7 Å². The number of carboxylic acid groups (broad SMARTS) is 1. The minimum atomic E-state index is -0.988. The predicted molar refractivity (Wildman–Crippen MR) is 72.1 cm³/mol. The lowest BCUT2D eigenvalue weighted by atomic mass is 10.1. The topological polar surface area (TPSA) is 73.6 Å². The average molecular weight is 276 g/mol. The molecule has 1 aromatic carbocycles. The van der Waals surface area contributed by atoms with Crippen LogP contribution in [-0.2, 0) is 4.74 Å². The van der Waals surface area contributed by atoms with E-state index in [9.17, 15) is 9.90 Å². The smallest absolute Gasteiger partial charge is 0.336 e. The molecule has 1 aliphatic heterocycles. The van der Waals surface area contributed by atoms with Crippen molar-refractivity contribution in [2.45, 2.75) is 25.5 Å². The Morgan fingerprint density at radius 2 is 2.35 bits per heavy atom. The zero-order valence-corrected chi connectivity index (χ0v) is 11.2. The molecule has 0 saturated carbocycles. The van der Waals surface area contributed by atoms with Crippen molar-refractivity contribution in [1.29, 1.82) is 0 Å². The summed E-state index contributed by atoms with van der Waals surface area (Å²) in [5.41, 5.74) is 0.926. The summed E-state index contributed by atoms with van der Waals surface area (Å²) in [6, 6.07) is 3.31. The predicted octanol–water partition coefficient (Wildman–Crippen LogP) is 2.44. The zero-order valence-electron chi connectivity index (χ0n) is 11.2. The van der Waals surface area contributed by atoms with E-state index in [0.717, 1.165) is 24.8 Å². The Kier molecular flexibility index (Phi) is 3.31. The van der Waals surface area contributed by atoms with Gasteiger partial charge < -0.3 is 14.6 Å². The third kappa shape index (κ3) is 2.12. The minimum absolute atomic E-state index is 0.130. The first kappa shape index (κ1) is 12.9. The third-order valence-electron chi connectivity index (χ3n) is 3.58. The van der Waals surface area contributed by atoms with Gasteiger partial charge in [-0.1, -0.05) is 0 Å². The molecule has 106 valence electrons. The molecule has 0 spiro atoms. The summed E-state index contributed by atoms with van der Waals surface area (Å²) in [7, 11) is 1.52. The number of fused-ring (bicyclic) bond motifs is 1. The van der Waals surface area contributed by atoms with Crippen molar-refractivity contribution in [3.05, 3.63) is 23.9 Å². The Labute approximate surface area is 115 Å². The number of hydrogen-bond acceptors (Lipinski definition) is 4. The molecule has 2 heterocycles. The fraction of sp³-hybridized carbons (Fsp3) is 0.429. The summed E-state index contributed by atoms with van der Waals surface area (Å²) in [5, 5.41) is 14.2. The van der Waals surface area contributed by atoms with Gasteiger partial charge in [0.25, 0.3) is 0 Å². The number of rotatable bonds is 3. The summed E-state index contributed by atoms with van der Waals surface area (Å²) < 4.78 is 12.6. The van der Waals surface area contributed by atoms with Gasteiger partial charge in [-0.25, -0.2) is 9.48 Å². The molecule has 0 radical (unpaired) electrons. The maximum atomic E-state index is 11.3. The SMILES string of the molecule is COc1cc(C(=O)O)c2cnn(C3CCCCO3)c2c1. The lowest BCUT2D eigenvalue weighted by Gasteiger charge is -2.23. The maximum absolute atomic E-state index is 11.3. The summed E-state index contributed by atoms with van der Waals surface area (Å²) in [4.78, 5) is 11.3. The van der Waals surface area contributed by atoms with Gasteiger partial charge in [-0.2, -0.15) is 5.10 Å². The number of hydrogen-bond donors (Lipinski definition) is 1. The first-order valence-corrected chi connectivity index (χ1v) is 6.61. The molecule has 20 heavy (non-hydrogen) atoms. The highest BCUT2D eigenvalue weighted by Gasteiger charge is 2.21. The van der Waals surface area contributed by atoms with Crippen LogP contribution in [0.25, 0.3) is 10.9 Å². The van der Waals surface area contributed by atoms with Crippen LogP contribution in [-0.4, -0.2) is 34.6 Å². The number of aromatic nitrogens is 2. The molecule has 1 aromatic heterocycles. The molecule has 0 bridgehead atoms. The highest BCUT2D eigenvalue weighted by Crippen LogP contribution is 2.30. The van der Waals surface area contributed by atoms with Gasteiger partial charge in [0.2, 0.25) is 0 Å². The maximum Gasteiger partial charge on any atom is 0.336 e. The van der Waals surface area contributed by atoms with Gasteiger partial charge in [0.05, 0.1) is 24.4 Å². The number of aromatic carboxylic acids is 1. The molecule has 1 aliphatic rings. The van der Waals surface area contributed by atoms with E-state index < -0.39 is 5.97 Å². The van der Waals surface area contributed by atoms with Crippen molar-refractivity contribution in [3.63, 3.8) is 0 Å². The molecule has 2 aromatic rings.